The first-order valence-electron chi connectivity index (χ1n) is 12.5. The lowest BCUT2D eigenvalue weighted by Gasteiger charge is -2.13. The predicted octanol–water partition coefficient (Wildman–Crippen LogP) is 5.16. The van der Waals surface area contributed by atoms with Crippen LogP contribution in [0.4, 0.5) is 5.13 Å². The lowest BCUT2D eigenvalue weighted by molar-refractivity contribution is -0.120. The van der Waals surface area contributed by atoms with Gasteiger partial charge in [-0.3, -0.25) is 10.2 Å². The smallest absolute Gasteiger partial charge is 0.264 e. The van der Waals surface area contributed by atoms with Crippen molar-refractivity contribution in [3.8, 4) is 11.3 Å². The first kappa shape index (κ1) is 27.3. The molecule has 1 atom stereocenters. The normalized spacial score (nSPS) is 12.8. The third kappa shape index (κ3) is 6.45. The van der Waals surface area contributed by atoms with Crippen LogP contribution in [0, 0.1) is 0 Å². The Hall–Kier alpha value is -4.32. The fourth-order valence-corrected chi connectivity index (χ4v) is 5.86. The molecule has 5 aromatic rings. The number of nitrogens with two attached hydrogens (primary N) is 1. The Labute approximate surface area is 235 Å². The molecule has 40 heavy (non-hydrogen) atoms. The molecular formula is C29H27N5O4S2. The lowest BCUT2D eigenvalue weighted by Crippen LogP contribution is -2.43. The van der Waals surface area contributed by atoms with Crippen molar-refractivity contribution in [2.24, 2.45) is 10.8 Å². The fourth-order valence-electron chi connectivity index (χ4n) is 3.98. The molecule has 0 saturated heterocycles. The van der Waals surface area contributed by atoms with E-state index in [0.717, 1.165) is 15.8 Å². The summed E-state index contributed by atoms with van der Waals surface area (Å²) < 4.78 is 35.0. The van der Waals surface area contributed by atoms with E-state index in [0.29, 0.717) is 40.8 Å². The van der Waals surface area contributed by atoms with E-state index in [1.54, 1.807) is 31.2 Å². The Morgan fingerprint density at radius 1 is 1.02 bits per heavy atom. The van der Waals surface area contributed by atoms with Crippen molar-refractivity contribution in [2.45, 2.75) is 30.7 Å². The number of carbonyl (C=O) groups is 1. The van der Waals surface area contributed by atoms with Crippen molar-refractivity contribution < 1.29 is 17.6 Å². The second kappa shape index (κ2) is 11.8. The van der Waals surface area contributed by atoms with Gasteiger partial charge in [0.2, 0.25) is 5.13 Å². The van der Waals surface area contributed by atoms with Gasteiger partial charge in [0.05, 0.1) is 21.2 Å². The van der Waals surface area contributed by atoms with E-state index in [1.165, 1.54) is 23.5 Å². The number of para-hydroxylation sites is 1. The number of furan rings is 1. The van der Waals surface area contributed by atoms with E-state index >= 15 is 0 Å². The fraction of sp³-hybridized carbons (Fsp3) is 0.138. The average Bonchev–Trinajstić information content (AvgIpc) is 3.63. The second-order valence-corrected chi connectivity index (χ2v) is 11.8. The summed E-state index contributed by atoms with van der Waals surface area (Å²) in [6, 6.07) is 26.1. The van der Waals surface area contributed by atoms with Crippen LogP contribution in [0.1, 0.15) is 24.7 Å². The molecule has 2 heterocycles. The highest BCUT2D eigenvalue weighted by molar-refractivity contribution is 7.90. The zero-order valence-corrected chi connectivity index (χ0v) is 23.2. The van der Waals surface area contributed by atoms with Crippen LogP contribution >= 0.6 is 11.3 Å². The summed E-state index contributed by atoms with van der Waals surface area (Å²) in [5, 5.41) is 5.03. The molecule has 11 heteroatoms. The molecule has 9 nitrogen and oxygen atoms in total. The van der Waals surface area contributed by atoms with Crippen molar-refractivity contribution in [3.63, 3.8) is 0 Å². The standard InChI is InChI=1S/C29H27N5O4S2/c1-19(32-33-29-31-24-12-5-6-13-27(24)39-29)25-16-17-26(38-25)21-10-7-11-22(18-21)40(36,37)34-28(35)23(30)15-14-20-8-3-2-4-9-20/h2-13,16-18,23H,14-15,30H2,1H3,(H,31,33)(H,34,35)/b32-19+/t23-/m0/s1. The van der Waals surface area contributed by atoms with Crippen molar-refractivity contribution >= 4 is 48.3 Å². The molecule has 2 aromatic heterocycles. The number of rotatable bonds is 10. The van der Waals surface area contributed by atoms with Gasteiger partial charge in [-0.25, -0.2) is 18.1 Å². The highest BCUT2D eigenvalue weighted by atomic mass is 32.2. The average molecular weight is 574 g/mol. The topological polar surface area (TPSA) is 140 Å². The summed E-state index contributed by atoms with van der Waals surface area (Å²) in [7, 11) is -4.14. The SMILES string of the molecule is C/C(=N\Nc1nc2ccccc2s1)c1ccc(-c2cccc(S(=O)(=O)NC(=O)[C@@H](N)CCc3ccccc3)c2)o1. The molecule has 0 aliphatic heterocycles. The van der Waals surface area contributed by atoms with Gasteiger partial charge in [-0.1, -0.05) is 65.9 Å². The molecule has 0 aliphatic carbocycles. The summed E-state index contributed by atoms with van der Waals surface area (Å²) in [5.74, 6) is 0.205. The quantitative estimate of drug-likeness (QED) is 0.155. The molecule has 5 rings (SSSR count). The number of anilines is 1. The van der Waals surface area contributed by atoms with E-state index < -0.39 is 22.0 Å². The molecule has 0 aliphatic rings. The van der Waals surface area contributed by atoms with Crippen LogP contribution in [0.3, 0.4) is 0 Å². The largest absolute Gasteiger partial charge is 0.455 e. The molecule has 3 aromatic carbocycles. The maximum absolute atomic E-state index is 13.0. The number of nitrogens with one attached hydrogen (secondary N) is 2. The molecular weight excluding hydrogens is 546 g/mol. The summed E-state index contributed by atoms with van der Waals surface area (Å²) in [5.41, 5.74) is 12.0. The van der Waals surface area contributed by atoms with E-state index in [4.69, 9.17) is 10.2 Å². The molecule has 0 spiro atoms. The number of thiazole rings is 1. The number of hydrogen-bond donors (Lipinski definition) is 3. The molecule has 0 fully saturated rings. The number of aromatic nitrogens is 1. The lowest BCUT2D eigenvalue weighted by atomic mass is 10.1. The van der Waals surface area contributed by atoms with Crippen LogP contribution in [0.2, 0.25) is 0 Å². The van der Waals surface area contributed by atoms with Crippen molar-refractivity contribution in [1.82, 2.24) is 9.71 Å². The number of fused-ring (bicyclic) bond motifs is 1. The summed E-state index contributed by atoms with van der Waals surface area (Å²) in [6.07, 6.45) is 0.875. The zero-order chi connectivity index (χ0) is 28.1. The van der Waals surface area contributed by atoms with Crippen LogP contribution < -0.4 is 15.9 Å². The van der Waals surface area contributed by atoms with Crippen LogP contribution in [0.5, 0.6) is 0 Å². The van der Waals surface area contributed by atoms with Crippen LogP contribution in [0.15, 0.2) is 105 Å². The summed E-state index contributed by atoms with van der Waals surface area (Å²) >= 11 is 1.49. The van der Waals surface area contributed by atoms with E-state index in [-0.39, 0.29) is 4.90 Å². The molecule has 0 unspecified atom stereocenters. The van der Waals surface area contributed by atoms with Crippen LogP contribution in [0.25, 0.3) is 21.5 Å². The maximum atomic E-state index is 13.0. The number of hydrazone groups is 1. The zero-order valence-electron chi connectivity index (χ0n) is 21.6. The van der Waals surface area contributed by atoms with Crippen LogP contribution in [-0.2, 0) is 21.2 Å². The van der Waals surface area contributed by atoms with E-state index in [9.17, 15) is 13.2 Å². The van der Waals surface area contributed by atoms with Gasteiger partial charge in [0.25, 0.3) is 15.9 Å². The van der Waals surface area contributed by atoms with Gasteiger partial charge in [0.1, 0.15) is 11.5 Å². The monoisotopic (exact) mass is 573 g/mol. The minimum absolute atomic E-state index is 0.0746. The van der Waals surface area contributed by atoms with Gasteiger partial charge < -0.3 is 10.2 Å². The number of sulfonamides is 1. The Bertz CT molecular complexity index is 1750. The van der Waals surface area contributed by atoms with Gasteiger partial charge in [0.15, 0.2) is 5.76 Å². The van der Waals surface area contributed by atoms with E-state index in [1.807, 2.05) is 54.6 Å². The van der Waals surface area contributed by atoms with Crippen molar-refractivity contribution in [3.05, 3.63) is 102 Å². The minimum Gasteiger partial charge on any atom is -0.455 e. The van der Waals surface area contributed by atoms with E-state index in [2.05, 4.69) is 20.2 Å². The van der Waals surface area contributed by atoms with Crippen LogP contribution in [-0.4, -0.2) is 31.1 Å². The summed E-state index contributed by atoms with van der Waals surface area (Å²) in [4.78, 5) is 17.0. The first-order chi connectivity index (χ1) is 19.3. The molecule has 0 radical (unpaired) electrons. The predicted molar refractivity (Wildman–Crippen MR) is 158 cm³/mol. The number of amides is 1. The number of nitrogens with zero attached hydrogens (tertiary/aromatic N) is 2. The third-order valence-corrected chi connectivity index (χ3v) is 8.45. The molecule has 4 N–H and O–H groups in total. The second-order valence-electron chi connectivity index (χ2n) is 9.09. The Morgan fingerprint density at radius 3 is 2.60 bits per heavy atom. The van der Waals surface area contributed by atoms with Gasteiger partial charge in [-0.05, 0) is 61.7 Å². The molecule has 1 amide bonds. The maximum Gasteiger partial charge on any atom is 0.264 e. The number of carbonyl (C=O) groups excluding carboxylic acids is 1. The summed E-state index contributed by atoms with van der Waals surface area (Å²) in [6.45, 7) is 1.79. The Morgan fingerprint density at radius 2 is 1.80 bits per heavy atom. The van der Waals surface area contributed by atoms with Crippen molar-refractivity contribution in [1.29, 1.82) is 0 Å². The number of benzene rings is 3. The number of aryl methyl sites for hydroxylation is 1. The van der Waals surface area contributed by atoms with Gasteiger partial charge in [0, 0.05) is 5.56 Å². The minimum atomic E-state index is -4.14. The molecule has 204 valence electrons. The Kier molecular flexibility index (Phi) is 8.06. The third-order valence-electron chi connectivity index (χ3n) is 6.16. The highest BCUT2D eigenvalue weighted by Gasteiger charge is 2.23. The van der Waals surface area contributed by atoms with Gasteiger partial charge in [-0.2, -0.15) is 5.10 Å². The van der Waals surface area contributed by atoms with Gasteiger partial charge in [-0.15, -0.1) is 0 Å². The first-order valence-corrected chi connectivity index (χ1v) is 14.8. The van der Waals surface area contributed by atoms with Gasteiger partial charge >= 0.3 is 0 Å². The molecule has 0 saturated carbocycles. The number of hydrogen-bond acceptors (Lipinski definition) is 9. The Balaban J connectivity index is 1.24. The van der Waals surface area contributed by atoms with Crippen molar-refractivity contribution in [2.75, 3.05) is 5.43 Å². The highest BCUT2D eigenvalue weighted by Crippen LogP contribution is 2.27. The molecule has 0 bridgehead atoms.